The van der Waals surface area contributed by atoms with Crippen LogP contribution in [0.15, 0.2) is 71.6 Å². The molecule has 38 heavy (non-hydrogen) atoms. The Balaban J connectivity index is 1.44. The van der Waals surface area contributed by atoms with Gasteiger partial charge in [0.2, 0.25) is 0 Å². The summed E-state index contributed by atoms with van der Waals surface area (Å²) in [4.78, 5) is 13.6. The van der Waals surface area contributed by atoms with Crippen molar-refractivity contribution in [2.24, 2.45) is 0 Å². The van der Waals surface area contributed by atoms with Gasteiger partial charge in [-0.3, -0.25) is 9.10 Å². The molecular formula is C29H32N2O6S. The van der Waals surface area contributed by atoms with Gasteiger partial charge in [-0.1, -0.05) is 51.1 Å². The predicted octanol–water partition coefficient (Wildman–Crippen LogP) is 4.59. The average molecular weight is 537 g/mol. The van der Waals surface area contributed by atoms with Gasteiger partial charge in [0.25, 0.3) is 15.9 Å². The number of carbonyl (C=O) groups is 1. The zero-order valence-corrected chi connectivity index (χ0v) is 22.7. The summed E-state index contributed by atoms with van der Waals surface area (Å²) in [5.41, 5.74) is 2.01. The standard InChI is InChI=1S/C29H32N2O6S/c1-19(20-10-12-25-26(16-20)36-15-14-35-25)30-28(32)27-18-31(38(33,34)22-8-6-5-7-9-22)23-17-21(29(2,3)4)11-13-24(23)37-27/h5-13,16-17,19,27H,14-15,18H2,1-4H3,(H,30,32)/t19-,27+/m0/s1. The van der Waals surface area contributed by atoms with Crippen molar-refractivity contribution >= 4 is 21.6 Å². The van der Waals surface area contributed by atoms with Crippen LogP contribution in [0.3, 0.4) is 0 Å². The van der Waals surface area contributed by atoms with Gasteiger partial charge in [-0.15, -0.1) is 0 Å². The highest BCUT2D eigenvalue weighted by Gasteiger charge is 2.38. The molecule has 0 unspecified atom stereocenters. The lowest BCUT2D eigenvalue weighted by Gasteiger charge is -2.36. The third-order valence-electron chi connectivity index (χ3n) is 6.74. The van der Waals surface area contributed by atoms with Gasteiger partial charge in [0.1, 0.15) is 19.0 Å². The van der Waals surface area contributed by atoms with Gasteiger partial charge in [0, 0.05) is 0 Å². The molecule has 0 aliphatic carbocycles. The molecule has 0 spiro atoms. The van der Waals surface area contributed by atoms with E-state index >= 15 is 0 Å². The lowest BCUT2D eigenvalue weighted by molar-refractivity contribution is -0.128. The summed E-state index contributed by atoms with van der Waals surface area (Å²) in [6.07, 6.45) is -1.04. The zero-order valence-electron chi connectivity index (χ0n) is 21.9. The molecule has 0 saturated carbocycles. The van der Waals surface area contributed by atoms with Gasteiger partial charge in [0.05, 0.1) is 23.2 Å². The molecule has 1 N–H and O–H groups in total. The van der Waals surface area contributed by atoms with E-state index in [1.54, 1.807) is 36.4 Å². The van der Waals surface area contributed by atoms with E-state index in [0.717, 1.165) is 11.1 Å². The van der Waals surface area contributed by atoms with Crippen LogP contribution < -0.4 is 23.8 Å². The second-order valence-electron chi connectivity index (χ2n) is 10.5. The van der Waals surface area contributed by atoms with Crippen LogP contribution in [0.25, 0.3) is 0 Å². The van der Waals surface area contributed by atoms with E-state index in [9.17, 15) is 13.2 Å². The predicted molar refractivity (Wildman–Crippen MR) is 145 cm³/mol. The monoisotopic (exact) mass is 536 g/mol. The van der Waals surface area contributed by atoms with Crippen LogP contribution in [0, 0.1) is 0 Å². The molecule has 0 bridgehead atoms. The molecule has 0 aromatic heterocycles. The maximum absolute atomic E-state index is 13.8. The first-order valence-corrected chi connectivity index (χ1v) is 14.1. The number of ether oxygens (including phenoxy) is 3. The van der Waals surface area contributed by atoms with Crippen LogP contribution >= 0.6 is 0 Å². The van der Waals surface area contributed by atoms with E-state index in [0.29, 0.717) is 36.1 Å². The molecule has 0 radical (unpaired) electrons. The molecule has 2 aliphatic heterocycles. The van der Waals surface area contributed by atoms with Gasteiger partial charge in [0.15, 0.2) is 17.6 Å². The number of hydrogen-bond donors (Lipinski definition) is 1. The maximum Gasteiger partial charge on any atom is 0.264 e. The summed E-state index contributed by atoms with van der Waals surface area (Å²) in [7, 11) is -3.95. The number of nitrogens with one attached hydrogen (secondary N) is 1. The van der Waals surface area contributed by atoms with Crippen molar-refractivity contribution < 1.29 is 27.4 Å². The van der Waals surface area contributed by atoms with Crippen LogP contribution in [-0.4, -0.2) is 40.2 Å². The number of nitrogens with zero attached hydrogens (tertiary/aromatic N) is 1. The Morgan fingerprint density at radius 2 is 1.63 bits per heavy atom. The van der Waals surface area contributed by atoms with Crippen molar-refractivity contribution in [2.75, 3.05) is 24.1 Å². The fourth-order valence-corrected chi connectivity index (χ4v) is 6.01. The van der Waals surface area contributed by atoms with E-state index in [1.165, 1.54) is 4.31 Å². The number of rotatable bonds is 5. The van der Waals surface area contributed by atoms with Crippen molar-refractivity contribution in [3.63, 3.8) is 0 Å². The van der Waals surface area contributed by atoms with E-state index in [-0.39, 0.29) is 22.9 Å². The Kier molecular flexibility index (Phi) is 6.73. The van der Waals surface area contributed by atoms with Crippen LogP contribution in [0.5, 0.6) is 17.2 Å². The van der Waals surface area contributed by atoms with Crippen molar-refractivity contribution in [1.29, 1.82) is 0 Å². The van der Waals surface area contributed by atoms with E-state index in [2.05, 4.69) is 26.1 Å². The molecule has 0 fully saturated rings. The first-order valence-electron chi connectivity index (χ1n) is 12.6. The lowest BCUT2D eigenvalue weighted by atomic mass is 9.86. The van der Waals surface area contributed by atoms with Gasteiger partial charge in [-0.2, -0.15) is 0 Å². The Bertz CT molecular complexity index is 1450. The molecular weight excluding hydrogens is 504 g/mol. The first kappa shape index (κ1) is 25.9. The smallest absolute Gasteiger partial charge is 0.264 e. The number of benzene rings is 3. The normalized spacial score (nSPS) is 17.7. The van der Waals surface area contributed by atoms with E-state index in [4.69, 9.17) is 14.2 Å². The van der Waals surface area contributed by atoms with E-state index in [1.807, 2.05) is 37.3 Å². The summed E-state index contributed by atoms with van der Waals surface area (Å²) in [6.45, 7) is 8.84. The summed E-state index contributed by atoms with van der Waals surface area (Å²) >= 11 is 0. The molecule has 5 rings (SSSR count). The number of sulfonamides is 1. The Labute approximate surface area is 223 Å². The number of anilines is 1. The van der Waals surface area contributed by atoms with Crippen LogP contribution in [-0.2, 0) is 20.2 Å². The highest BCUT2D eigenvalue weighted by Crippen LogP contribution is 2.40. The van der Waals surface area contributed by atoms with Crippen LogP contribution in [0.1, 0.15) is 44.9 Å². The third-order valence-corrected chi connectivity index (χ3v) is 8.54. The molecule has 3 aromatic rings. The van der Waals surface area contributed by atoms with Gasteiger partial charge in [-0.25, -0.2) is 8.42 Å². The fraction of sp³-hybridized carbons (Fsp3) is 0.345. The quantitative estimate of drug-likeness (QED) is 0.513. The Morgan fingerprint density at radius 1 is 0.947 bits per heavy atom. The largest absolute Gasteiger partial charge is 0.486 e. The van der Waals surface area contributed by atoms with Crippen molar-refractivity contribution in [3.05, 3.63) is 77.9 Å². The molecule has 0 saturated heterocycles. The van der Waals surface area contributed by atoms with Gasteiger partial charge in [-0.05, 0) is 59.9 Å². The zero-order chi connectivity index (χ0) is 27.1. The fourth-order valence-electron chi connectivity index (χ4n) is 4.52. The average Bonchev–Trinajstić information content (AvgIpc) is 2.91. The maximum atomic E-state index is 13.8. The summed E-state index contributed by atoms with van der Waals surface area (Å²) in [6, 6.07) is 18.9. The number of amides is 1. The Hall–Kier alpha value is -3.72. The molecule has 8 nitrogen and oxygen atoms in total. The van der Waals surface area contributed by atoms with Crippen molar-refractivity contribution in [3.8, 4) is 17.2 Å². The second-order valence-corrected chi connectivity index (χ2v) is 12.4. The Morgan fingerprint density at radius 3 is 2.34 bits per heavy atom. The van der Waals surface area contributed by atoms with Crippen molar-refractivity contribution in [1.82, 2.24) is 5.32 Å². The molecule has 2 atom stereocenters. The van der Waals surface area contributed by atoms with Gasteiger partial charge < -0.3 is 19.5 Å². The minimum absolute atomic E-state index is 0.151. The van der Waals surface area contributed by atoms with Gasteiger partial charge >= 0.3 is 0 Å². The topological polar surface area (TPSA) is 94.2 Å². The molecule has 2 aliphatic rings. The highest BCUT2D eigenvalue weighted by atomic mass is 32.2. The third kappa shape index (κ3) is 5.03. The minimum Gasteiger partial charge on any atom is -0.486 e. The van der Waals surface area contributed by atoms with Crippen LogP contribution in [0.4, 0.5) is 5.69 Å². The summed E-state index contributed by atoms with van der Waals surface area (Å²) in [5, 5.41) is 2.97. The van der Waals surface area contributed by atoms with E-state index < -0.39 is 22.0 Å². The number of carbonyl (C=O) groups excluding carboxylic acids is 1. The van der Waals surface area contributed by atoms with Crippen LogP contribution in [0.2, 0.25) is 0 Å². The summed E-state index contributed by atoms with van der Waals surface area (Å²) in [5.74, 6) is 1.23. The molecule has 2 heterocycles. The number of fused-ring (bicyclic) bond motifs is 2. The van der Waals surface area contributed by atoms with Crippen molar-refractivity contribution in [2.45, 2.75) is 50.2 Å². The highest BCUT2D eigenvalue weighted by molar-refractivity contribution is 7.92. The number of hydrogen-bond acceptors (Lipinski definition) is 6. The second kappa shape index (κ2) is 9.87. The molecule has 1 amide bonds. The molecule has 9 heteroatoms. The SMILES string of the molecule is C[C@H](NC(=O)[C@H]1CN(S(=O)(=O)c2ccccc2)c2cc(C(C)(C)C)ccc2O1)c1ccc2c(c1)OCCO2. The minimum atomic E-state index is -3.95. The molecule has 200 valence electrons. The summed E-state index contributed by atoms with van der Waals surface area (Å²) < 4.78 is 46.2. The lowest BCUT2D eigenvalue weighted by Crippen LogP contribution is -2.51. The molecule has 3 aromatic carbocycles. The first-order chi connectivity index (χ1) is 18.0.